The number of benzene rings is 2. The van der Waals surface area contributed by atoms with Gasteiger partial charge < -0.3 is 20.3 Å². The molecule has 2 saturated heterocycles. The van der Waals surface area contributed by atoms with Crippen molar-refractivity contribution < 1.29 is 19.1 Å². The number of para-hydroxylation sites is 1. The first kappa shape index (κ1) is 25.4. The molecule has 3 N–H and O–H groups in total. The van der Waals surface area contributed by atoms with Crippen molar-refractivity contribution in [3.05, 3.63) is 66.0 Å². The number of nitrogens with zero attached hydrogens (tertiary/aromatic N) is 4. The number of nitrogens with one attached hydrogen (secondary N) is 1. The molecule has 1 atom stereocenters. The average Bonchev–Trinajstić information content (AvgIpc) is 3.46. The molecule has 2 aromatic carbocycles. The van der Waals surface area contributed by atoms with Gasteiger partial charge in [0.1, 0.15) is 11.6 Å². The van der Waals surface area contributed by atoms with Crippen molar-refractivity contribution in [3.63, 3.8) is 0 Å². The summed E-state index contributed by atoms with van der Waals surface area (Å²) in [5.74, 6) is 1.09. The Kier molecular flexibility index (Phi) is 7.67. The maximum Gasteiger partial charge on any atom is 0.261 e. The van der Waals surface area contributed by atoms with Gasteiger partial charge in [-0.05, 0) is 56.4 Å². The summed E-state index contributed by atoms with van der Waals surface area (Å²) in [5, 5.41) is 7.43. The maximum absolute atomic E-state index is 13.1. The lowest BCUT2D eigenvalue weighted by Gasteiger charge is -2.34. The molecule has 5 rings (SSSR count). The topological polar surface area (TPSA) is 135 Å². The number of hydrogen-bond donors (Lipinski definition) is 2. The number of ether oxygens (including phenoxy) is 1. The number of carbonyl (C=O) groups is 3. The Balaban J connectivity index is 1.26. The third kappa shape index (κ3) is 5.69. The number of rotatable bonds is 7. The molecule has 0 saturated carbocycles. The van der Waals surface area contributed by atoms with Crippen LogP contribution in [0.3, 0.4) is 0 Å². The summed E-state index contributed by atoms with van der Waals surface area (Å²) in [7, 11) is 0. The Bertz CT molecular complexity index is 1290. The van der Waals surface area contributed by atoms with Crippen LogP contribution in [0.1, 0.15) is 54.3 Å². The van der Waals surface area contributed by atoms with Gasteiger partial charge in [0.2, 0.25) is 5.91 Å². The summed E-state index contributed by atoms with van der Waals surface area (Å²) in [6, 6.07) is 16.3. The van der Waals surface area contributed by atoms with Gasteiger partial charge in [0.25, 0.3) is 11.8 Å². The summed E-state index contributed by atoms with van der Waals surface area (Å²) in [6.45, 7) is 1.60. The quantitative estimate of drug-likeness (QED) is 0.496. The van der Waals surface area contributed by atoms with E-state index in [1.165, 1.54) is 0 Å². The zero-order valence-corrected chi connectivity index (χ0v) is 21.2. The van der Waals surface area contributed by atoms with E-state index in [0.29, 0.717) is 61.0 Å². The minimum Gasteiger partial charge on any atom is -0.484 e. The second kappa shape index (κ2) is 11.5. The van der Waals surface area contributed by atoms with Gasteiger partial charge in [0.15, 0.2) is 12.4 Å². The number of piperidine rings is 2. The van der Waals surface area contributed by atoms with Gasteiger partial charge in [0.05, 0.1) is 6.04 Å². The van der Waals surface area contributed by atoms with Crippen LogP contribution in [0.4, 0.5) is 0 Å². The van der Waals surface area contributed by atoms with Crippen LogP contribution < -0.4 is 10.5 Å². The first-order valence-electron chi connectivity index (χ1n) is 13.1. The van der Waals surface area contributed by atoms with Gasteiger partial charge >= 0.3 is 0 Å². The lowest BCUT2D eigenvalue weighted by molar-refractivity contribution is -0.137. The number of amides is 3. The van der Waals surface area contributed by atoms with E-state index >= 15 is 0 Å². The number of likely N-dealkylation sites (tertiary alicyclic amines) is 2. The molecule has 3 amide bonds. The van der Waals surface area contributed by atoms with Crippen LogP contribution in [-0.4, -0.2) is 68.9 Å². The van der Waals surface area contributed by atoms with Gasteiger partial charge in [-0.1, -0.05) is 30.3 Å². The predicted molar refractivity (Wildman–Crippen MR) is 140 cm³/mol. The largest absolute Gasteiger partial charge is 0.484 e. The summed E-state index contributed by atoms with van der Waals surface area (Å²) in [4.78, 5) is 45.9. The molecule has 10 nitrogen and oxygen atoms in total. The number of primary amides is 1. The van der Waals surface area contributed by atoms with Gasteiger partial charge in [-0.25, -0.2) is 4.98 Å². The van der Waals surface area contributed by atoms with Gasteiger partial charge in [-0.2, -0.15) is 5.10 Å². The molecule has 10 heteroatoms. The smallest absolute Gasteiger partial charge is 0.261 e. The highest BCUT2D eigenvalue weighted by molar-refractivity contribution is 5.95. The number of carbonyl (C=O) groups excluding carboxylic acids is 3. The zero-order valence-electron chi connectivity index (χ0n) is 21.2. The van der Waals surface area contributed by atoms with Gasteiger partial charge in [0, 0.05) is 36.7 Å². The fourth-order valence-corrected chi connectivity index (χ4v) is 5.15. The molecule has 2 aliphatic heterocycles. The van der Waals surface area contributed by atoms with Crippen molar-refractivity contribution in [1.29, 1.82) is 0 Å². The van der Waals surface area contributed by atoms with Crippen LogP contribution in [0.15, 0.2) is 54.6 Å². The van der Waals surface area contributed by atoms with Crippen molar-refractivity contribution in [2.75, 3.05) is 26.2 Å². The number of H-pyrrole nitrogens is 1. The highest BCUT2D eigenvalue weighted by atomic mass is 16.5. The van der Waals surface area contributed by atoms with Crippen LogP contribution in [0.25, 0.3) is 11.4 Å². The number of aromatic nitrogens is 3. The summed E-state index contributed by atoms with van der Waals surface area (Å²) >= 11 is 0. The normalized spacial score (nSPS) is 18.3. The Hall–Kier alpha value is -4.21. The highest BCUT2D eigenvalue weighted by Crippen LogP contribution is 2.30. The fraction of sp³-hybridized carbons (Fsp3) is 0.393. The lowest BCUT2D eigenvalue weighted by Crippen LogP contribution is -2.41. The first-order valence-corrected chi connectivity index (χ1v) is 13.1. The third-order valence-corrected chi connectivity index (χ3v) is 7.30. The molecule has 3 heterocycles. The molecule has 2 aliphatic rings. The van der Waals surface area contributed by atoms with E-state index in [4.69, 9.17) is 15.5 Å². The van der Waals surface area contributed by atoms with Crippen molar-refractivity contribution in [3.8, 4) is 17.1 Å². The molecule has 0 aliphatic carbocycles. The Morgan fingerprint density at radius 2 is 1.76 bits per heavy atom. The molecule has 198 valence electrons. The van der Waals surface area contributed by atoms with E-state index in [-0.39, 0.29) is 36.3 Å². The summed E-state index contributed by atoms with van der Waals surface area (Å²) < 4.78 is 5.69. The lowest BCUT2D eigenvalue weighted by atomic mass is 9.95. The van der Waals surface area contributed by atoms with E-state index in [1.807, 2.05) is 47.4 Å². The molecular weight excluding hydrogens is 484 g/mol. The second-order valence-electron chi connectivity index (χ2n) is 9.79. The second-order valence-corrected chi connectivity index (χ2v) is 9.79. The van der Waals surface area contributed by atoms with Gasteiger partial charge in [-0.3, -0.25) is 19.5 Å². The average molecular weight is 517 g/mol. The van der Waals surface area contributed by atoms with Crippen LogP contribution in [0, 0.1) is 5.92 Å². The highest BCUT2D eigenvalue weighted by Gasteiger charge is 2.31. The zero-order chi connectivity index (χ0) is 26.5. The van der Waals surface area contributed by atoms with Crippen LogP contribution >= 0.6 is 0 Å². The monoisotopic (exact) mass is 516 g/mol. The predicted octanol–water partition coefficient (Wildman–Crippen LogP) is 2.94. The van der Waals surface area contributed by atoms with Crippen molar-refractivity contribution >= 4 is 17.7 Å². The van der Waals surface area contributed by atoms with E-state index in [0.717, 1.165) is 19.3 Å². The number of nitrogens with two attached hydrogens (primary N) is 1. The molecule has 38 heavy (non-hydrogen) atoms. The maximum atomic E-state index is 13.1. The van der Waals surface area contributed by atoms with E-state index < -0.39 is 0 Å². The summed E-state index contributed by atoms with van der Waals surface area (Å²) in [6.07, 6.45) is 3.86. The number of hydrogen-bond acceptors (Lipinski definition) is 6. The molecule has 1 aromatic heterocycles. The minimum atomic E-state index is -0.304. The minimum absolute atomic E-state index is 0.0393. The van der Waals surface area contributed by atoms with Crippen molar-refractivity contribution in [1.82, 2.24) is 25.0 Å². The first-order chi connectivity index (χ1) is 18.5. The van der Waals surface area contributed by atoms with Crippen LogP contribution in [0.2, 0.25) is 0 Å². The molecular formula is C28H32N6O4. The van der Waals surface area contributed by atoms with Crippen LogP contribution in [-0.2, 0) is 9.59 Å². The molecule has 0 bridgehead atoms. The van der Waals surface area contributed by atoms with E-state index in [1.54, 1.807) is 17.0 Å². The Morgan fingerprint density at radius 3 is 2.53 bits per heavy atom. The molecule has 2 fully saturated rings. The molecule has 0 spiro atoms. The Labute approximate surface area is 221 Å². The van der Waals surface area contributed by atoms with Crippen molar-refractivity contribution in [2.45, 2.75) is 38.1 Å². The van der Waals surface area contributed by atoms with Gasteiger partial charge in [-0.15, -0.1) is 0 Å². The SMILES string of the molecule is NC(=O)C1CCN(C(=O)c2cccc(-c3n[nH]c(C4CCCCN4C(=O)COc4ccccc4)n3)c2)CC1. The fourth-order valence-electron chi connectivity index (χ4n) is 5.15. The molecule has 0 radical (unpaired) electrons. The molecule has 3 aromatic rings. The van der Waals surface area contributed by atoms with Crippen molar-refractivity contribution in [2.24, 2.45) is 11.7 Å². The molecule has 1 unspecified atom stereocenters. The standard InChI is InChI=1S/C28H32N6O4/c29-25(36)19-12-15-33(16-13-19)28(37)21-8-6-7-20(17-21)26-30-27(32-31-26)23-11-4-5-14-34(23)24(35)18-38-22-9-2-1-3-10-22/h1-3,6-10,17,19,23H,4-5,11-16,18H2,(H2,29,36)(H,30,31,32). The van der Waals surface area contributed by atoms with Crippen LogP contribution in [0.5, 0.6) is 5.75 Å². The van der Waals surface area contributed by atoms with E-state index in [9.17, 15) is 14.4 Å². The Morgan fingerprint density at radius 1 is 0.974 bits per heavy atom. The summed E-state index contributed by atoms with van der Waals surface area (Å²) in [5.41, 5.74) is 6.67. The number of aromatic amines is 1. The third-order valence-electron chi connectivity index (χ3n) is 7.30. The van der Waals surface area contributed by atoms with E-state index in [2.05, 4.69) is 10.2 Å².